The molecule has 1 amide bonds. The molecule has 2 fully saturated rings. The fourth-order valence-corrected chi connectivity index (χ4v) is 7.12. The van der Waals surface area contributed by atoms with E-state index in [2.05, 4.69) is 18.7 Å². The number of aliphatic hydroxyl groups is 1. The molecular formula is C30H41N3O8. The summed E-state index contributed by atoms with van der Waals surface area (Å²) in [5.41, 5.74) is 3.73. The molecule has 0 heterocycles. The van der Waals surface area contributed by atoms with E-state index in [-0.39, 0.29) is 24.2 Å². The van der Waals surface area contributed by atoms with Crippen molar-refractivity contribution in [3.05, 3.63) is 22.8 Å². The lowest BCUT2D eigenvalue weighted by Crippen LogP contribution is -2.74. The van der Waals surface area contributed by atoms with Crippen LogP contribution in [0.25, 0.3) is 0 Å². The summed E-state index contributed by atoms with van der Waals surface area (Å²) in [6.07, 6.45) is 1.14. The van der Waals surface area contributed by atoms with Crippen molar-refractivity contribution in [2.45, 2.75) is 58.2 Å². The minimum absolute atomic E-state index is 0.00644. The van der Waals surface area contributed by atoms with Crippen LogP contribution in [0.1, 0.15) is 55.1 Å². The number of Topliss-reactive ketones (excluding diaryl/α,β-unsaturated/α-hetero) is 4. The Labute approximate surface area is 240 Å². The normalized spacial score (nSPS) is 29.6. The number of nitrogens with zero attached hydrogens (tertiary/aromatic N) is 2. The van der Waals surface area contributed by atoms with Gasteiger partial charge in [-0.05, 0) is 64.3 Å². The summed E-state index contributed by atoms with van der Waals surface area (Å²) in [6, 6.07) is 0.339. The third-order valence-electron chi connectivity index (χ3n) is 9.16. The minimum Gasteiger partial charge on any atom is -0.507 e. The van der Waals surface area contributed by atoms with Gasteiger partial charge in [0.2, 0.25) is 5.91 Å². The average molecular weight is 572 g/mol. The molecule has 1 aromatic rings. The summed E-state index contributed by atoms with van der Waals surface area (Å²) in [5.74, 6) is -9.67. The number of fused-ring (bicyclic) bond motifs is 3. The van der Waals surface area contributed by atoms with E-state index in [4.69, 9.17) is 10.5 Å². The number of carbonyl (C=O) groups excluding carboxylic acids is 5. The zero-order valence-corrected chi connectivity index (χ0v) is 24.6. The summed E-state index contributed by atoms with van der Waals surface area (Å²) in [4.78, 5) is 70.3. The molecule has 6 atom stereocenters. The van der Waals surface area contributed by atoms with Crippen molar-refractivity contribution < 1.29 is 38.9 Å². The lowest BCUT2D eigenvalue weighted by molar-refractivity contribution is -0.181. The Morgan fingerprint density at radius 1 is 1.20 bits per heavy atom. The highest BCUT2D eigenvalue weighted by Crippen LogP contribution is 2.52. The molecule has 2 saturated carbocycles. The first-order valence-electron chi connectivity index (χ1n) is 14.2. The summed E-state index contributed by atoms with van der Waals surface area (Å²) in [7, 11) is 4.61. The molecule has 3 aliphatic rings. The van der Waals surface area contributed by atoms with Crippen molar-refractivity contribution >= 4 is 29.0 Å². The molecular weight excluding hydrogens is 530 g/mol. The van der Waals surface area contributed by atoms with Crippen LogP contribution >= 0.6 is 0 Å². The maximum absolute atomic E-state index is 13.9. The lowest BCUT2D eigenvalue weighted by atomic mass is 9.52. The highest BCUT2D eigenvalue weighted by Gasteiger charge is 2.69. The van der Waals surface area contributed by atoms with Gasteiger partial charge in [0.25, 0.3) is 0 Å². The van der Waals surface area contributed by atoms with E-state index in [0.29, 0.717) is 29.3 Å². The Balaban J connectivity index is 1.79. The van der Waals surface area contributed by atoms with Gasteiger partial charge in [0.15, 0.2) is 34.7 Å². The van der Waals surface area contributed by atoms with E-state index in [1.165, 1.54) is 18.1 Å². The molecule has 0 spiro atoms. The van der Waals surface area contributed by atoms with Crippen LogP contribution in [0.3, 0.4) is 0 Å². The number of nitrogens with two attached hydrogens (primary N) is 1. The molecule has 0 saturated heterocycles. The third kappa shape index (κ3) is 4.87. The molecule has 11 nitrogen and oxygen atoms in total. The Bertz CT molecular complexity index is 1290. The van der Waals surface area contributed by atoms with Gasteiger partial charge in [-0.15, -0.1) is 0 Å². The maximum atomic E-state index is 13.9. The number of amides is 1. The number of phenols is 1. The van der Waals surface area contributed by atoms with Crippen LogP contribution in [0, 0.1) is 29.6 Å². The van der Waals surface area contributed by atoms with E-state index in [9.17, 15) is 34.2 Å². The zero-order chi connectivity index (χ0) is 30.5. The van der Waals surface area contributed by atoms with Gasteiger partial charge in [0.1, 0.15) is 11.5 Å². The van der Waals surface area contributed by atoms with Crippen LogP contribution in [0.5, 0.6) is 11.5 Å². The number of benzene rings is 1. The molecule has 0 aliphatic heterocycles. The number of methoxy groups -OCH3 is 1. The van der Waals surface area contributed by atoms with Crippen molar-refractivity contribution in [3.63, 3.8) is 0 Å². The Morgan fingerprint density at radius 3 is 2.39 bits per heavy atom. The standard InChI is InChI=1S/C30H41N3O8/c1-7-33(9-8-14(2)3)13-16-12-19(34)21-17(26(16)41-6)10-15-11-18-23(32(4)5)25(36)22(29(31)39)28(38)30(18,40)27(37)20(15)24(21)35/h12,14-15,18,20,22-23,34,40H,7-11,13H2,1-6H3,(H2,31,39)/t15-,18-,20?,22?,23-,30-/m0/s1. The first-order chi connectivity index (χ1) is 19.2. The quantitative estimate of drug-likeness (QED) is 0.360. The number of phenolic OH excluding ortho intramolecular Hbond substituents is 1. The van der Waals surface area contributed by atoms with Crippen LogP contribution in [0.4, 0.5) is 0 Å². The number of rotatable bonds is 9. The minimum atomic E-state index is -2.74. The third-order valence-corrected chi connectivity index (χ3v) is 9.16. The highest BCUT2D eigenvalue weighted by atomic mass is 16.5. The molecule has 2 unspecified atom stereocenters. The predicted octanol–water partition coefficient (Wildman–Crippen LogP) is 0.744. The number of hydrogen-bond acceptors (Lipinski definition) is 10. The Morgan fingerprint density at radius 2 is 1.85 bits per heavy atom. The van der Waals surface area contributed by atoms with Crippen molar-refractivity contribution in [3.8, 4) is 11.5 Å². The van der Waals surface area contributed by atoms with Crippen molar-refractivity contribution in [2.75, 3.05) is 34.3 Å². The first-order valence-corrected chi connectivity index (χ1v) is 14.2. The summed E-state index contributed by atoms with van der Waals surface area (Å²) < 4.78 is 5.79. The van der Waals surface area contributed by atoms with Gasteiger partial charge in [-0.25, -0.2) is 0 Å². The molecule has 0 radical (unpaired) electrons. The van der Waals surface area contributed by atoms with Gasteiger partial charge >= 0.3 is 0 Å². The van der Waals surface area contributed by atoms with Crippen LogP contribution in [0.2, 0.25) is 0 Å². The van der Waals surface area contributed by atoms with Crippen LogP contribution < -0.4 is 10.5 Å². The molecule has 4 rings (SSSR count). The summed E-state index contributed by atoms with van der Waals surface area (Å²) >= 11 is 0. The summed E-state index contributed by atoms with van der Waals surface area (Å²) in [6.45, 7) is 8.44. The number of likely N-dealkylation sites (N-methyl/N-ethyl adjacent to an activating group) is 1. The number of carbonyl (C=O) groups is 5. The molecule has 4 N–H and O–H groups in total. The number of ketones is 4. The lowest BCUT2D eigenvalue weighted by Gasteiger charge is -2.52. The molecule has 1 aromatic carbocycles. The number of aromatic hydroxyl groups is 1. The SMILES string of the molecule is CCN(CCC(C)C)Cc1cc(O)c2c(c1OC)C[C@H]1C[C@H]3[C@H](N(C)C)C(=O)C(C(N)=O)C(=O)[C@@]3(O)C(=O)C1C2=O. The van der Waals surface area contributed by atoms with Gasteiger partial charge in [0.05, 0.1) is 24.6 Å². The highest BCUT2D eigenvalue weighted by molar-refractivity contribution is 6.32. The van der Waals surface area contributed by atoms with Gasteiger partial charge in [-0.1, -0.05) is 20.8 Å². The fourth-order valence-electron chi connectivity index (χ4n) is 7.12. The van der Waals surface area contributed by atoms with Crippen molar-refractivity contribution in [1.29, 1.82) is 0 Å². The second-order valence-electron chi connectivity index (χ2n) is 12.3. The van der Waals surface area contributed by atoms with Gasteiger partial charge in [0, 0.05) is 23.6 Å². The predicted molar refractivity (Wildman–Crippen MR) is 148 cm³/mol. The Kier molecular flexibility index (Phi) is 8.46. The average Bonchev–Trinajstić information content (AvgIpc) is 2.88. The zero-order valence-electron chi connectivity index (χ0n) is 24.6. The Hall–Kier alpha value is -3.15. The van der Waals surface area contributed by atoms with E-state index in [1.54, 1.807) is 14.1 Å². The first kappa shape index (κ1) is 30.8. The smallest absolute Gasteiger partial charge is 0.235 e. The second kappa shape index (κ2) is 11.3. The molecule has 224 valence electrons. The summed E-state index contributed by atoms with van der Waals surface area (Å²) in [5, 5.41) is 22.8. The van der Waals surface area contributed by atoms with Crippen molar-refractivity contribution in [2.24, 2.45) is 35.3 Å². The number of hydrogen-bond donors (Lipinski definition) is 3. The molecule has 41 heavy (non-hydrogen) atoms. The topological polar surface area (TPSA) is 168 Å². The van der Waals surface area contributed by atoms with E-state index in [0.717, 1.165) is 19.5 Å². The largest absolute Gasteiger partial charge is 0.507 e. The van der Waals surface area contributed by atoms with E-state index >= 15 is 0 Å². The molecule has 0 bridgehead atoms. The van der Waals surface area contributed by atoms with Gasteiger partial charge in [-0.2, -0.15) is 0 Å². The second-order valence-corrected chi connectivity index (χ2v) is 12.3. The van der Waals surface area contributed by atoms with Gasteiger partial charge < -0.3 is 20.7 Å². The molecule has 11 heteroatoms. The molecule has 0 aromatic heterocycles. The van der Waals surface area contributed by atoms with Crippen molar-refractivity contribution in [1.82, 2.24) is 9.80 Å². The van der Waals surface area contributed by atoms with Gasteiger partial charge in [-0.3, -0.25) is 33.8 Å². The van der Waals surface area contributed by atoms with Crippen LogP contribution in [-0.2, 0) is 32.1 Å². The fraction of sp³-hybridized carbons (Fsp3) is 0.633. The van der Waals surface area contributed by atoms with Crippen LogP contribution in [-0.4, -0.2) is 95.0 Å². The van der Waals surface area contributed by atoms with Crippen LogP contribution in [0.15, 0.2) is 6.07 Å². The molecule has 3 aliphatic carbocycles. The monoisotopic (exact) mass is 571 g/mol. The number of ether oxygens (including phenoxy) is 1. The van der Waals surface area contributed by atoms with E-state index in [1.807, 2.05) is 6.92 Å². The van der Waals surface area contributed by atoms with E-state index < -0.39 is 64.4 Å². The number of primary amides is 1. The maximum Gasteiger partial charge on any atom is 0.235 e.